The van der Waals surface area contributed by atoms with E-state index < -0.39 is 5.97 Å². The maximum absolute atomic E-state index is 11.3. The summed E-state index contributed by atoms with van der Waals surface area (Å²) in [6, 6.07) is 9.72. The lowest BCUT2D eigenvalue weighted by molar-refractivity contribution is 0.0691. The second-order valence-electron chi connectivity index (χ2n) is 5.33. The van der Waals surface area contributed by atoms with E-state index in [0.29, 0.717) is 11.3 Å². The second-order valence-corrected chi connectivity index (χ2v) is 6.41. The maximum atomic E-state index is 11.3. The number of nitrogens with zero attached hydrogens (tertiary/aromatic N) is 1. The Bertz CT molecular complexity index is 674. The van der Waals surface area contributed by atoms with Gasteiger partial charge in [0.25, 0.3) is 0 Å². The van der Waals surface area contributed by atoms with Crippen molar-refractivity contribution in [3.8, 4) is 0 Å². The van der Waals surface area contributed by atoms with E-state index in [2.05, 4.69) is 16.6 Å². The number of anilines is 1. The summed E-state index contributed by atoms with van der Waals surface area (Å²) in [5.74, 6) is -0.989. The average molecular weight is 302 g/mol. The summed E-state index contributed by atoms with van der Waals surface area (Å²) in [6.45, 7) is 0. The number of hydrogen-bond acceptors (Lipinski definition) is 4. The van der Waals surface area contributed by atoms with E-state index in [1.54, 1.807) is 6.07 Å². The number of nitrogens with one attached hydrogen (secondary N) is 1. The molecule has 5 heteroatoms. The number of benzene rings is 1. The maximum Gasteiger partial charge on any atom is 0.354 e. The van der Waals surface area contributed by atoms with E-state index in [0.717, 1.165) is 23.0 Å². The normalized spacial score (nSPS) is 21.6. The highest BCUT2D eigenvalue weighted by Gasteiger charge is 2.27. The molecule has 1 aliphatic rings. The molecule has 1 aliphatic carbocycles. The third-order valence-electron chi connectivity index (χ3n) is 4.03. The van der Waals surface area contributed by atoms with Crippen molar-refractivity contribution in [2.75, 3.05) is 11.6 Å². The Morgan fingerprint density at radius 1 is 1.38 bits per heavy atom. The zero-order valence-electron chi connectivity index (χ0n) is 11.9. The molecule has 2 unspecified atom stereocenters. The van der Waals surface area contributed by atoms with Crippen LogP contribution in [0.5, 0.6) is 0 Å². The summed E-state index contributed by atoms with van der Waals surface area (Å²) in [7, 11) is 0. The molecule has 4 nitrogen and oxygen atoms in total. The van der Waals surface area contributed by atoms with Gasteiger partial charge in [0.1, 0.15) is 0 Å². The molecule has 1 heterocycles. The Hall–Kier alpha value is -1.75. The molecule has 2 atom stereocenters. The molecule has 1 aromatic carbocycles. The molecule has 1 aromatic heterocycles. The Kier molecular flexibility index (Phi) is 4.01. The SMILES string of the molecule is CSC1CCCC1Nc1cc(C(=O)O)nc2ccccc12. The van der Waals surface area contributed by atoms with Gasteiger partial charge in [0.2, 0.25) is 0 Å². The zero-order valence-corrected chi connectivity index (χ0v) is 12.7. The largest absolute Gasteiger partial charge is 0.477 e. The standard InChI is InChI=1S/C16H18N2O2S/c1-21-15-8-4-7-12(15)18-13-9-14(16(19)20)17-11-6-3-2-5-10(11)13/h2-3,5-6,9,12,15H,4,7-8H2,1H3,(H,17,18)(H,19,20). The molecule has 0 bridgehead atoms. The number of aromatic carboxylic acids is 1. The summed E-state index contributed by atoms with van der Waals surface area (Å²) in [5, 5.41) is 14.4. The number of rotatable bonds is 4. The van der Waals surface area contributed by atoms with Crippen LogP contribution >= 0.6 is 11.8 Å². The molecular formula is C16H18N2O2S. The van der Waals surface area contributed by atoms with Crippen LogP contribution in [0.1, 0.15) is 29.8 Å². The van der Waals surface area contributed by atoms with Crippen LogP contribution in [0.4, 0.5) is 5.69 Å². The number of pyridine rings is 1. The van der Waals surface area contributed by atoms with Gasteiger partial charge in [-0.3, -0.25) is 0 Å². The molecule has 2 N–H and O–H groups in total. The highest BCUT2D eigenvalue weighted by atomic mass is 32.2. The van der Waals surface area contributed by atoms with Crippen LogP contribution in [0.15, 0.2) is 30.3 Å². The molecule has 0 spiro atoms. The van der Waals surface area contributed by atoms with E-state index in [4.69, 9.17) is 0 Å². The molecular weight excluding hydrogens is 284 g/mol. The first-order chi connectivity index (χ1) is 10.2. The van der Waals surface area contributed by atoms with Crippen LogP contribution < -0.4 is 5.32 Å². The van der Waals surface area contributed by atoms with Crippen molar-refractivity contribution in [3.05, 3.63) is 36.0 Å². The van der Waals surface area contributed by atoms with Gasteiger partial charge >= 0.3 is 5.97 Å². The lowest BCUT2D eigenvalue weighted by atomic mass is 10.1. The average Bonchev–Trinajstić information content (AvgIpc) is 2.94. The van der Waals surface area contributed by atoms with Gasteiger partial charge in [0, 0.05) is 22.4 Å². The van der Waals surface area contributed by atoms with Gasteiger partial charge < -0.3 is 10.4 Å². The molecule has 2 aromatic rings. The predicted octanol–water partition coefficient (Wildman–Crippen LogP) is 3.63. The fraction of sp³-hybridized carbons (Fsp3) is 0.375. The number of para-hydroxylation sites is 1. The highest BCUT2D eigenvalue weighted by molar-refractivity contribution is 7.99. The van der Waals surface area contributed by atoms with Gasteiger partial charge in [-0.05, 0) is 31.2 Å². The summed E-state index contributed by atoms with van der Waals surface area (Å²) in [4.78, 5) is 15.5. The minimum absolute atomic E-state index is 0.0925. The number of aromatic nitrogens is 1. The zero-order chi connectivity index (χ0) is 14.8. The van der Waals surface area contributed by atoms with E-state index in [-0.39, 0.29) is 5.69 Å². The van der Waals surface area contributed by atoms with Gasteiger partial charge in [-0.15, -0.1) is 0 Å². The molecule has 3 rings (SSSR count). The Morgan fingerprint density at radius 3 is 2.95 bits per heavy atom. The van der Waals surface area contributed by atoms with Crippen LogP contribution in [-0.2, 0) is 0 Å². The summed E-state index contributed by atoms with van der Waals surface area (Å²) < 4.78 is 0. The van der Waals surface area contributed by atoms with E-state index in [1.165, 1.54) is 12.8 Å². The first-order valence-electron chi connectivity index (χ1n) is 7.11. The Morgan fingerprint density at radius 2 is 2.19 bits per heavy atom. The minimum atomic E-state index is -0.989. The van der Waals surface area contributed by atoms with Crippen molar-refractivity contribution in [1.82, 2.24) is 4.98 Å². The van der Waals surface area contributed by atoms with Crippen LogP contribution in [0.25, 0.3) is 10.9 Å². The Labute approximate surface area is 128 Å². The van der Waals surface area contributed by atoms with Crippen molar-refractivity contribution in [2.45, 2.75) is 30.6 Å². The van der Waals surface area contributed by atoms with Crippen LogP contribution in [-0.4, -0.2) is 33.6 Å². The molecule has 0 aliphatic heterocycles. The number of thioether (sulfide) groups is 1. The van der Waals surface area contributed by atoms with E-state index >= 15 is 0 Å². The van der Waals surface area contributed by atoms with Gasteiger partial charge in [0.05, 0.1) is 5.52 Å². The van der Waals surface area contributed by atoms with Gasteiger partial charge in [-0.2, -0.15) is 11.8 Å². The fourth-order valence-electron chi connectivity index (χ4n) is 2.98. The van der Waals surface area contributed by atoms with Crippen molar-refractivity contribution in [1.29, 1.82) is 0 Å². The third-order valence-corrected chi connectivity index (χ3v) is 5.20. The van der Waals surface area contributed by atoms with Crippen molar-refractivity contribution in [2.24, 2.45) is 0 Å². The topological polar surface area (TPSA) is 62.2 Å². The lowest BCUT2D eigenvalue weighted by Gasteiger charge is -2.21. The summed E-state index contributed by atoms with van der Waals surface area (Å²) in [6.07, 6.45) is 5.70. The molecule has 0 saturated heterocycles. The van der Waals surface area contributed by atoms with E-state index in [1.807, 2.05) is 36.0 Å². The smallest absolute Gasteiger partial charge is 0.354 e. The number of carbonyl (C=O) groups is 1. The quantitative estimate of drug-likeness (QED) is 0.903. The van der Waals surface area contributed by atoms with Gasteiger partial charge in [0.15, 0.2) is 5.69 Å². The van der Waals surface area contributed by atoms with Gasteiger partial charge in [-0.25, -0.2) is 9.78 Å². The summed E-state index contributed by atoms with van der Waals surface area (Å²) in [5.41, 5.74) is 1.69. The fourth-order valence-corrected chi connectivity index (χ4v) is 3.91. The molecule has 21 heavy (non-hydrogen) atoms. The van der Waals surface area contributed by atoms with Crippen LogP contribution in [0.2, 0.25) is 0 Å². The molecule has 0 radical (unpaired) electrons. The third kappa shape index (κ3) is 2.83. The van der Waals surface area contributed by atoms with E-state index in [9.17, 15) is 9.90 Å². The van der Waals surface area contributed by atoms with Crippen molar-refractivity contribution < 1.29 is 9.90 Å². The van der Waals surface area contributed by atoms with Crippen LogP contribution in [0.3, 0.4) is 0 Å². The van der Waals surface area contributed by atoms with Crippen molar-refractivity contribution >= 4 is 34.3 Å². The molecule has 110 valence electrons. The number of fused-ring (bicyclic) bond motifs is 1. The second kappa shape index (κ2) is 5.93. The molecule has 1 fully saturated rings. The Balaban J connectivity index is 2.01. The first kappa shape index (κ1) is 14.2. The first-order valence-corrected chi connectivity index (χ1v) is 8.40. The number of hydrogen-bond donors (Lipinski definition) is 2. The molecule has 1 saturated carbocycles. The predicted molar refractivity (Wildman–Crippen MR) is 87.3 cm³/mol. The minimum Gasteiger partial charge on any atom is -0.477 e. The van der Waals surface area contributed by atoms with Crippen LogP contribution in [0, 0.1) is 0 Å². The van der Waals surface area contributed by atoms with Crippen molar-refractivity contribution in [3.63, 3.8) is 0 Å². The van der Waals surface area contributed by atoms with Gasteiger partial charge in [-0.1, -0.05) is 24.6 Å². The number of carboxylic acids is 1. The summed E-state index contributed by atoms with van der Waals surface area (Å²) >= 11 is 1.88. The molecule has 0 amide bonds. The number of carboxylic acid groups (broad SMARTS) is 1. The lowest BCUT2D eigenvalue weighted by Crippen LogP contribution is -2.26. The highest BCUT2D eigenvalue weighted by Crippen LogP contribution is 2.33. The monoisotopic (exact) mass is 302 g/mol.